The quantitative estimate of drug-likeness (QED) is 0.569. The van der Waals surface area contributed by atoms with Crippen LogP contribution in [-0.4, -0.2) is 16.9 Å². The number of fused-ring (bicyclic) bond motifs is 1. The summed E-state index contributed by atoms with van der Waals surface area (Å²) in [7, 11) is 0. The second-order valence-corrected chi connectivity index (χ2v) is 3.74. The molecule has 1 aromatic heterocycles. The molecule has 108 valence electrons. The van der Waals surface area contributed by atoms with Crippen molar-refractivity contribution in [2.45, 2.75) is 6.92 Å². The number of nitrogens with zero attached hydrogens (tertiary/aromatic N) is 1. The average molecular weight is 321 g/mol. The Hall–Kier alpha value is -2.17. The Bertz CT molecular complexity index is 628. The number of pyridine rings is 1. The first-order chi connectivity index (χ1) is 8.91. The fourth-order valence-corrected chi connectivity index (χ4v) is 1.18. The molecule has 1 aromatic carbocycles. The fraction of sp³-hybridized carbons (Fsp3) is 0.0714. The number of carboxylic acid groups (broad SMARTS) is 2. The van der Waals surface area contributed by atoms with Crippen molar-refractivity contribution in [3.63, 3.8) is 0 Å². The van der Waals surface area contributed by atoms with Crippen molar-refractivity contribution in [1.82, 2.24) is 4.98 Å². The molecular formula is C14H11CuNO4-. The molecule has 0 radical (unpaired) electrons. The molecule has 1 heterocycles. The summed E-state index contributed by atoms with van der Waals surface area (Å²) in [5.74, 6) is -2.43. The number of para-hydroxylation sites is 1. The number of carboxylic acids is 2. The second kappa shape index (κ2) is 8.09. The van der Waals surface area contributed by atoms with Gasteiger partial charge in [-0.15, -0.1) is 0 Å². The normalized spacial score (nSPS) is 8.85. The van der Waals surface area contributed by atoms with Gasteiger partial charge in [-0.25, -0.2) is 4.98 Å². The van der Waals surface area contributed by atoms with Crippen LogP contribution in [0.15, 0.2) is 48.6 Å². The zero-order valence-electron chi connectivity index (χ0n) is 10.6. The van der Waals surface area contributed by atoms with Crippen molar-refractivity contribution in [2.24, 2.45) is 0 Å². The van der Waals surface area contributed by atoms with Gasteiger partial charge < -0.3 is 19.8 Å². The van der Waals surface area contributed by atoms with E-state index in [0.717, 1.165) is 5.39 Å². The SMILES string of the molecule is C=C(C)C(=O)[O-].O=C([O-])c1ccc2ccccc2n1.[Cu+]. The maximum Gasteiger partial charge on any atom is 1.00 e. The molecule has 2 aromatic rings. The summed E-state index contributed by atoms with van der Waals surface area (Å²) in [4.78, 5) is 23.9. The van der Waals surface area contributed by atoms with Gasteiger partial charge in [0.25, 0.3) is 0 Å². The molecule has 0 unspecified atom stereocenters. The van der Waals surface area contributed by atoms with E-state index in [-0.39, 0.29) is 28.3 Å². The third-order valence-corrected chi connectivity index (χ3v) is 2.16. The molecule has 6 heteroatoms. The van der Waals surface area contributed by atoms with Gasteiger partial charge in [0.05, 0.1) is 23.1 Å². The van der Waals surface area contributed by atoms with Crippen molar-refractivity contribution in [3.05, 3.63) is 54.2 Å². The predicted molar refractivity (Wildman–Crippen MR) is 65.9 cm³/mol. The van der Waals surface area contributed by atoms with E-state index in [9.17, 15) is 19.8 Å². The molecule has 0 spiro atoms. The Morgan fingerprint density at radius 1 is 1.10 bits per heavy atom. The molecule has 0 saturated heterocycles. The Morgan fingerprint density at radius 2 is 1.65 bits per heavy atom. The average Bonchev–Trinajstić information content (AvgIpc) is 2.38. The first kappa shape index (κ1) is 17.8. The molecule has 0 aliphatic carbocycles. The number of hydrogen-bond acceptors (Lipinski definition) is 5. The van der Waals surface area contributed by atoms with Crippen LogP contribution in [-0.2, 0) is 21.9 Å². The number of hydrogen-bond donors (Lipinski definition) is 0. The van der Waals surface area contributed by atoms with Crippen LogP contribution in [0.2, 0.25) is 0 Å². The van der Waals surface area contributed by atoms with Gasteiger partial charge in [0, 0.05) is 5.39 Å². The maximum absolute atomic E-state index is 10.5. The van der Waals surface area contributed by atoms with Gasteiger partial charge in [-0.05, 0) is 24.6 Å². The first-order valence-corrected chi connectivity index (χ1v) is 5.36. The van der Waals surface area contributed by atoms with Gasteiger partial charge in [-0.2, -0.15) is 0 Å². The molecule has 0 atom stereocenters. The molecule has 0 saturated carbocycles. The van der Waals surface area contributed by atoms with Crippen LogP contribution in [0.4, 0.5) is 0 Å². The van der Waals surface area contributed by atoms with E-state index >= 15 is 0 Å². The fourth-order valence-electron chi connectivity index (χ4n) is 1.18. The van der Waals surface area contributed by atoms with Crippen molar-refractivity contribution in [2.75, 3.05) is 0 Å². The van der Waals surface area contributed by atoms with Crippen molar-refractivity contribution in [1.29, 1.82) is 0 Å². The van der Waals surface area contributed by atoms with Gasteiger partial charge in [0.15, 0.2) is 0 Å². The summed E-state index contributed by atoms with van der Waals surface area (Å²) in [6.07, 6.45) is 0. The van der Waals surface area contributed by atoms with Crippen LogP contribution in [0.3, 0.4) is 0 Å². The van der Waals surface area contributed by atoms with E-state index in [2.05, 4.69) is 11.6 Å². The van der Waals surface area contributed by atoms with Gasteiger partial charge in [-0.3, -0.25) is 0 Å². The monoisotopic (exact) mass is 320 g/mol. The zero-order chi connectivity index (χ0) is 14.4. The number of benzene rings is 1. The number of aromatic nitrogens is 1. The number of aromatic carboxylic acids is 1. The van der Waals surface area contributed by atoms with E-state index in [1.165, 1.54) is 13.0 Å². The van der Waals surface area contributed by atoms with E-state index in [1.54, 1.807) is 12.1 Å². The molecule has 5 nitrogen and oxygen atoms in total. The Balaban J connectivity index is 0.000000448. The summed E-state index contributed by atoms with van der Waals surface area (Å²) < 4.78 is 0. The second-order valence-electron chi connectivity index (χ2n) is 3.74. The van der Waals surface area contributed by atoms with Crippen LogP contribution >= 0.6 is 0 Å². The number of carbonyl (C=O) groups excluding carboxylic acids is 2. The molecule has 2 rings (SSSR count). The maximum atomic E-state index is 10.5. The molecule has 20 heavy (non-hydrogen) atoms. The van der Waals surface area contributed by atoms with E-state index < -0.39 is 11.9 Å². The van der Waals surface area contributed by atoms with Crippen molar-refractivity contribution >= 4 is 22.8 Å². The molecule has 0 aliphatic rings. The van der Waals surface area contributed by atoms with Gasteiger partial charge in [-0.1, -0.05) is 30.8 Å². The molecule has 0 bridgehead atoms. The Labute approximate surface area is 126 Å². The summed E-state index contributed by atoms with van der Waals surface area (Å²) in [6.45, 7) is 4.48. The molecule has 0 amide bonds. The summed E-state index contributed by atoms with van der Waals surface area (Å²) in [5.41, 5.74) is 0.706. The smallest absolute Gasteiger partial charge is 0.545 e. The largest absolute Gasteiger partial charge is 1.00 e. The molecule has 0 aliphatic heterocycles. The van der Waals surface area contributed by atoms with E-state index in [1.807, 2.05) is 18.2 Å². The van der Waals surface area contributed by atoms with Gasteiger partial charge in [0.2, 0.25) is 0 Å². The molecule has 0 fully saturated rings. The Morgan fingerprint density at radius 3 is 2.15 bits per heavy atom. The van der Waals surface area contributed by atoms with Crippen LogP contribution in [0.25, 0.3) is 10.9 Å². The van der Waals surface area contributed by atoms with E-state index in [0.29, 0.717) is 5.52 Å². The van der Waals surface area contributed by atoms with Crippen LogP contribution in [0.1, 0.15) is 17.4 Å². The summed E-state index contributed by atoms with van der Waals surface area (Å²) >= 11 is 0. The van der Waals surface area contributed by atoms with E-state index in [4.69, 9.17) is 0 Å². The third-order valence-electron chi connectivity index (χ3n) is 2.16. The molecule has 0 N–H and O–H groups in total. The standard InChI is InChI=1S/C10H7NO2.C4H6O2.Cu/c12-10(13)9-6-5-7-3-1-2-4-8(7)11-9;1-3(2)4(5)6;/h1-6H,(H,12,13);1H2,2H3,(H,5,6);/q;;+1/p-2. The summed E-state index contributed by atoms with van der Waals surface area (Å²) in [6, 6.07) is 10.5. The van der Waals surface area contributed by atoms with Crippen LogP contribution < -0.4 is 10.2 Å². The number of rotatable bonds is 2. The Kier molecular flexibility index (Phi) is 7.21. The number of carbonyl (C=O) groups is 2. The molecular weight excluding hydrogens is 310 g/mol. The minimum Gasteiger partial charge on any atom is -0.545 e. The minimum atomic E-state index is -1.24. The van der Waals surface area contributed by atoms with Crippen LogP contribution in [0.5, 0.6) is 0 Å². The van der Waals surface area contributed by atoms with Crippen molar-refractivity contribution in [3.8, 4) is 0 Å². The van der Waals surface area contributed by atoms with Gasteiger partial charge in [0.1, 0.15) is 0 Å². The number of aliphatic carboxylic acids is 1. The third kappa shape index (κ3) is 5.22. The van der Waals surface area contributed by atoms with Gasteiger partial charge >= 0.3 is 17.1 Å². The van der Waals surface area contributed by atoms with Crippen LogP contribution in [0, 0.1) is 0 Å². The minimum absolute atomic E-state index is 0. The first-order valence-electron chi connectivity index (χ1n) is 5.36. The van der Waals surface area contributed by atoms with Crippen molar-refractivity contribution < 1.29 is 36.9 Å². The summed E-state index contributed by atoms with van der Waals surface area (Å²) in [5, 5.41) is 20.9. The zero-order valence-corrected chi connectivity index (χ0v) is 11.5. The predicted octanol–water partition coefficient (Wildman–Crippen LogP) is -0.0918. The topological polar surface area (TPSA) is 93.1 Å².